The van der Waals surface area contributed by atoms with Crippen LogP contribution in [0.4, 0.5) is 5.82 Å². The van der Waals surface area contributed by atoms with Crippen molar-refractivity contribution in [1.82, 2.24) is 5.16 Å². The van der Waals surface area contributed by atoms with Crippen molar-refractivity contribution in [1.29, 1.82) is 0 Å². The number of nitrogens with zero attached hydrogens (tertiary/aromatic N) is 1. The number of carbonyl (C=O) groups is 2. The van der Waals surface area contributed by atoms with E-state index in [0.717, 1.165) is 5.75 Å². The average Bonchev–Trinajstić information content (AvgIpc) is 3.30. The molecule has 1 atom stereocenters. The second kappa shape index (κ2) is 11.5. The van der Waals surface area contributed by atoms with E-state index >= 15 is 0 Å². The maximum Gasteiger partial charge on any atom is 0.343 e. The zero-order valence-corrected chi connectivity index (χ0v) is 19.0. The number of benzene rings is 3. The van der Waals surface area contributed by atoms with E-state index in [2.05, 4.69) is 10.5 Å². The van der Waals surface area contributed by atoms with Crippen molar-refractivity contribution < 1.29 is 28.3 Å². The Morgan fingerprint density at radius 1 is 0.886 bits per heavy atom. The molecular formula is C27H24N2O6. The number of aromatic nitrogens is 1. The summed E-state index contributed by atoms with van der Waals surface area (Å²) in [6, 6.07) is 26.3. The monoisotopic (exact) mass is 472 g/mol. The maximum atomic E-state index is 13.1. The Kier molecular flexibility index (Phi) is 7.75. The molecule has 8 heteroatoms. The molecule has 1 heterocycles. The van der Waals surface area contributed by atoms with E-state index in [0.29, 0.717) is 23.7 Å². The number of ether oxygens (including phenoxy) is 3. The van der Waals surface area contributed by atoms with Crippen LogP contribution in [0.1, 0.15) is 27.8 Å². The minimum absolute atomic E-state index is 0.193. The Labute approximate surface area is 202 Å². The normalized spacial score (nSPS) is 11.3. The van der Waals surface area contributed by atoms with Crippen LogP contribution in [0.2, 0.25) is 0 Å². The molecule has 178 valence electrons. The summed E-state index contributed by atoms with van der Waals surface area (Å²) in [5.41, 5.74) is 0.700. The van der Waals surface area contributed by atoms with E-state index in [1.165, 1.54) is 0 Å². The van der Waals surface area contributed by atoms with Crippen LogP contribution >= 0.6 is 0 Å². The van der Waals surface area contributed by atoms with Crippen LogP contribution in [0, 0.1) is 6.92 Å². The molecule has 35 heavy (non-hydrogen) atoms. The van der Waals surface area contributed by atoms with Crippen molar-refractivity contribution in [3.63, 3.8) is 0 Å². The van der Waals surface area contributed by atoms with Crippen molar-refractivity contribution in [2.24, 2.45) is 0 Å². The van der Waals surface area contributed by atoms with Gasteiger partial charge in [0.1, 0.15) is 36.0 Å². The van der Waals surface area contributed by atoms with Gasteiger partial charge in [-0.1, -0.05) is 65.8 Å². The van der Waals surface area contributed by atoms with Gasteiger partial charge < -0.3 is 24.1 Å². The van der Waals surface area contributed by atoms with E-state index in [-0.39, 0.29) is 18.0 Å². The number of para-hydroxylation sites is 2. The lowest BCUT2D eigenvalue weighted by Crippen LogP contribution is -2.26. The highest BCUT2D eigenvalue weighted by atomic mass is 16.6. The van der Waals surface area contributed by atoms with Gasteiger partial charge >= 0.3 is 5.97 Å². The fourth-order valence-electron chi connectivity index (χ4n) is 3.28. The van der Waals surface area contributed by atoms with Gasteiger partial charge in [-0.15, -0.1) is 0 Å². The number of nitrogens with one attached hydrogen (secondary N) is 1. The minimum atomic E-state index is -1.21. The third-order valence-electron chi connectivity index (χ3n) is 4.90. The van der Waals surface area contributed by atoms with Gasteiger partial charge in [-0.2, -0.15) is 0 Å². The lowest BCUT2D eigenvalue weighted by atomic mass is 10.1. The topological polar surface area (TPSA) is 99.9 Å². The summed E-state index contributed by atoms with van der Waals surface area (Å²) >= 11 is 0. The van der Waals surface area contributed by atoms with Gasteiger partial charge in [0, 0.05) is 11.6 Å². The highest BCUT2D eigenvalue weighted by Crippen LogP contribution is 2.25. The molecule has 0 saturated heterocycles. The van der Waals surface area contributed by atoms with Crippen molar-refractivity contribution in [3.05, 3.63) is 108 Å². The van der Waals surface area contributed by atoms with Crippen LogP contribution in [0.3, 0.4) is 0 Å². The van der Waals surface area contributed by atoms with Crippen molar-refractivity contribution in [3.8, 4) is 11.5 Å². The summed E-state index contributed by atoms with van der Waals surface area (Å²) in [5, 5.41) is 6.39. The van der Waals surface area contributed by atoms with E-state index in [1.807, 2.05) is 36.4 Å². The second-order valence-electron chi connectivity index (χ2n) is 7.51. The molecule has 1 unspecified atom stereocenters. The van der Waals surface area contributed by atoms with Crippen LogP contribution in [0.25, 0.3) is 0 Å². The van der Waals surface area contributed by atoms with Crippen molar-refractivity contribution >= 4 is 17.7 Å². The minimum Gasteiger partial charge on any atom is -0.490 e. The predicted molar refractivity (Wildman–Crippen MR) is 128 cm³/mol. The summed E-state index contributed by atoms with van der Waals surface area (Å²) in [7, 11) is 0. The molecule has 0 aliphatic carbocycles. The first-order valence-corrected chi connectivity index (χ1v) is 11.0. The highest BCUT2D eigenvalue weighted by Gasteiger charge is 2.27. The number of hydrogen-bond acceptors (Lipinski definition) is 7. The second-order valence-corrected chi connectivity index (χ2v) is 7.51. The van der Waals surface area contributed by atoms with Crippen LogP contribution < -0.4 is 14.8 Å². The van der Waals surface area contributed by atoms with Gasteiger partial charge in [0.05, 0.1) is 0 Å². The SMILES string of the molecule is Cc1cc(NC(=O)C(OC(=O)c2ccccc2OCCOc2ccccc2)c2ccccc2)no1. The molecule has 1 N–H and O–H groups in total. The first-order valence-electron chi connectivity index (χ1n) is 11.0. The lowest BCUT2D eigenvalue weighted by molar-refractivity contribution is -0.125. The smallest absolute Gasteiger partial charge is 0.343 e. The Bertz CT molecular complexity index is 1260. The molecule has 0 aliphatic heterocycles. The number of hydrogen-bond donors (Lipinski definition) is 1. The quantitative estimate of drug-likeness (QED) is 0.257. The van der Waals surface area contributed by atoms with Crippen LogP contribution in [0.15, 0.2) is 95.5 Å². The molecule has 3 aromatic carbocycles. The molecule has 1 aromatic heterocycles. The lowest BCUT2D eigenvalue weighted by Gasteiger charge is -2.18. The first kappa shape index (κ1) is 23.6. The van der Waals surface area contributed by atoms with Crippen molar-refractivity contribution in [2.75, 3.05) is 18.5 Å². The Hall–Kier alpha value is -4.59. The van der Waals surface area contributed by atoms with Crippen LogP contribution in [-0.4, -0.2) is 30.2 Å². The van der Waals surface area contributed by atoms with Gasteiger partial charge in [0.15, 0.2) is 5.82 Å². The maximum absolute atomic E-state index is 13.1. The Morgan fingerprint density at radius 3 is 2.26 bits per heavy atom. The van der Waals surface area contributed by atoms with Crippen LogP contribution in [-0.2, 0) is 9.53 Å². The number of carbonyl (C=O) groups excluding carboxylic acids is 2. The summed E-state index contributed by atoms with van der Waals surface area (Å²) in [6.45, 7) is 2.21. The average molecular weight is 472 g/mol. The number of rotatable bonds is 10. The summed E-state index contributed by atoms with van der Waals surface area (Å²) < 4.78 is 22.1. The molecule has 4 aromatic rings. The molecule has 0 fully saturated rings. The van der Waals surface area contributed by atoms with Gasteiger partial charge in [0.25, 0.3) is 5.91 Å². The largest absolute Gasteiger partial charge is 0.490 e. The molecule has 0 radical (unpaired) electrons. The van der Waals surface area contributed by atoms with Crippen molar-refractivity contribution in [2.45, 2.75) is 13.0 Å². The molecule has 0 spiro atoms. The summed E-state index contributed by atoms with van der Waals surface area (Å²) in [6.07, 6.45) is -1.21. The molecule has 0 aliphatic rings. The predicted octanol–water partition coefficient (Wildman–Crippen LogP) is 4.98. The van der Waals surface area contributed by atoms with Gasteiger partial charge in [-0.25, -0.2) is 4.79 Å². The van der Waals surface area contributed by atoms with Gasteiger partial charge in [-0.3, -0.25) is 4.79 Å². The zero-order valence-electron chi connectivity index (χ0n) is 19.0. The highest BCUT2D eigenvalue weighted by molar-refractivity contribution is 5.98. The van der Waals surface area contributed by atoms with Gasteiger partial charge in [-0.05, 0) is 31.2 Å². The number of amides is 1. The first-order chi connectivity index (χ1) is 17.1. The van der Waals surface area contributed by atoms with E-state index in [1.54, 1.807) is 61.5 Å². The molecule has 1 amide bonds. The number of anilines is 1. The molecule has 4 rings (SSSR count). The van der Waals surface area contributed by atoms with E-state index < -0.39 is 18.0 Å². The fourth-order valence-corrected chi connectivity index (χ4v) is 3.28. The Balaban J connectivity index is 1.45. The number of aryl methyl sites for hydroxylation is 1. The van der Waals surface area contributed by atoms with E-state index in [9.17, 15) is 9.59 Å². The molecule has 8 nitrogen and oxygen atoms in total. The summed E-state index contributed by atoms with van der Waals surface area (Å²) in [4.78, 5) is 26.1. The third kappa shape index (κ3) is 6.48. The fraction of sp³-hybridized carbons (Fsp3) is 0.148. The molecule has 0 saturated carbocycles. The Morgan fingerprint density at radius 2 is 1.54 bits per heavy atom. The summed E-state index contributed by atoms with van der Waals surface area (Å²) in [5.74, 6) is 0.552. The molecule has 0 bridgehead atoms. The van der Waals surface area contributed by atoms with Gasteiger partial charge in [0.2, 0.25) is 6.10 Å². The standard InChI is InChI=1S/C27H24N2O6/c1-19-18-24(29-35-19)28-26(30)25(20-10-4-2-5-11-20)34-27(31)22-14-8-9-15-23(22)33-17-16-32-21-12-6-3-7-13-21/h2-15,18,25H,16-17H2,1H3,(H,28,29,30). The zero-order chi connectivity index (χ0) is 24.5. The van der Waals surface area contributed by atoms with E-state index in [4.69, 9.17) is 18.7 Å². The van der Waals surface area contributed by atoms with Crippen LogP contribution in [0.5, 0.6) is 11.5 Å². The third-order valence-corrected chi connectivity index (χ3v) is 4.90. The molecular weight excluding hydrogens is 448 g/mol. The number of esters is 1.